The van der Waals surface area contributed by atoms with Gasteiger partial charge in [0.2, 0.25) is 0 Å². The molecule has 0 saturated heterocycles. The van der Waals surface area contributed by atoms with Crippen molar-refractivity contribution < 1.29 is 14.3 Å². The lowest BCUT2D eigenvalue weighted by atomic mass is 9.99. The second-order valence-corrected chi connectivity index (χ2v) is 5.80. The Hall–Kier alpha value is -1.26. The zero-order chi connectivity index (χ0) is 15.1. The topological polar surface area (TPSA) is 67.4 Å². The number of hydrogen-bond acceptors (Lipinski definition) is 3. The summed E-state index contributed by atoms with van der Waals surface area (Å²) in [6.45, 7) is 11.9. The van der Waals surface area contributed by atoms with Crippen molar-refractivity contribution in [2.24, 2.45) is 5.92 Å². The zero-order valence-electron chi connectivity index (χ0n) is 13.0. The highest BCUT2D eigenvalue weighted by Crippen LogP contribution is 2.14. The molecule has 0 aromatic heterocycles. The van der Waals surface area contributed by atoms with Gasteiger partial charge in [0, 0.05) is 6.54 Å². The molecule has 0 aliphatic rings. The van der Waals surface area contributed by atoms with E-state index in [1.54, 1.807) is 0 Å². The molecule has 0 aromatic carbocycles. The maximum atomic E-state index is 12.1. The molecule has 5 heteroatoms. The average Bonchev–Trinajstić information content (AvgIpc) is 2.30. The highest BCUT2D eigenvalue weighted by molar-refractivity contribution is 5.84. The van der Waals surface area contributed by atoms with Crippen molar-refractivity contribution in [1.29, 1.82) is 0 Å². The molecule has 0 radical (unpaired) electrons. The Bertz CT molecular complexity index is 298. The molecule has 0 aromatic rings. The van der Waals surface area contributed by atoms with Gasteiger partial charge in [-0.3, -0.25) is 0 Å². The lowest BCUT2D eigenvalue weighted by Crippen LogP contribution is -2.51. The molecular weight excluding hydrogens is 244 g/mol. The standard InChI is InChI=1S/C14H28N2O3/c1-7-9-15-13(18)16-11(10(3)8-2)12(17)19-14(4,5)6/h10-11H,7-9H2,1-6H3,(H2,15,16,18)/t10-,11-/m0/s1. The third kappa shape index (κ3) is 7.70. The minimum atomic E-state index is -0.610. The van der Waals surface area contributed by atoms with Gasteiger partial charge in [-0.05, 0) is 33.1 Å². The number of carbonyl (C=O) groups excluding carboxylic acids is 2. The summed E-state index contributed by atoms with van der Waals surface area (Å²) in [7, 11) is 0. The number of nitrogens with one attached hydrogen (secondary N) is 2. The Morgan fingerprint density at radius 1 is 1.21 bits per heavy atom. The predicted octanol–water partition coefficient (Wildman–Crippen LogP) is 2.45. The third-order valence-corrected chi connectivity index (χ3v) is 2.70. The van der Waals surface area contributed by atoms with Gasteiger partial charge in [0.15, 0.2) is 0 Å². The summed E-state index contributed by atoms with van der Waals surface area (Å²) >= 11 is 0. The van der Waals surface area contributed by atoms with Crippen LogP contribution < -0.4 is 10.6 Å². The van der Waals surface area contributed by atoms with E-state index in [1.165, 1.54) is 0 Å². The van der Waals surface area contributed by atoms with Gasteiger partial charge >= 0.3 is 12.0 Å². The van der Waals surface area contributed by atoms with Crippen LogP contribution in [0.5, 0.6) is 0 Å². The molecule has 112 valence electrons. The molecule has 0 spiro atoms. The van der Waals surface area contributed by atoms with Crippen LogP contribution in [-0.4, -0.2) is 30.2 Å². The minimum Gasteiger partial charge on any atom is -0.458 e. The molecule has 0 saturated carbocycles. The molecule has 19 heavy (non-hydrogen) atoms. The monoisotopic (exact) mass is 272 g/mol. The van der Waals surface area contributed by atoms with E-state index in [2.05, 4.69) is 10.6 Å². The van der Waals surface area contributed by atoms with E-state index >= 15 is 0 Å². The number of carbonyl (C=O) groups is 2. The van der Waals surface area contributed by atoms with Crippen LogP contribution >= 0.6 is 0 Å². The van der Waals surface area contributed by atoms with Gasteiger partial charge in [-0.25, -0.2) is 9.59 Å². The van der Waals surface area contributed by atoms with Crippen LogP contribution in [0.15, 0.2) is 0 Å². The molecule has 0 heterocycles. The lowest BCUT2D eigenvalue weighted by molar-refractivity contribution is -0.158. The van der Waals surface area contributed by atoms with Gasteiger partial charge in [0.25, 0.3) is 0 Å². The summed E-state index contributed by atoms with van der Waals surface area (Å²) in [6.07, 6.45) is 1.64. The smallest absolute Gasteiger partial charge is 0.329 e. The van der Waals surface area contributed by atoms with Crippen LogP contribution in [0, 0.1) is 5.92 Å². The Labute approximate surface area is 116 Å². The van der Waals surface area contributed by atoms with Crippen molar-refractivity contribution >= 4 is 12.0 Å². The second-order valence-electron chi connectivity index (χ2n) is 5.80. The molecule has 2 atom stereocenters. The molecule has 0 aliphatic carbocycles. The van der Waals surface area contributed by atoms with Crippen LogP contribution in [0.4, 0.5) is 4.79 Å². The number of rotatable bonds is 6. The van der Waals surface area contributed by atoms with E-state index in [9.17, 15) is 9.59 Å². The van der Waals surface area contributed by atoms with Crippen molar-refractivity contribution in [2.75, 3.05) is 6.54 Å². The maximum Gasteiger partial charge on any atom is 0.329 e. The van der Waals surface area contributed by atoms with Crippen molar-refractivity contribution in [3.63, 3.8) is 0 Å². The van der Waals surface area contributed by atoms with E-state index in [-0.39, 0.29) is 17.9 Å². The molecule has 0 aliphatic heterocycles. The number of urea groups is 1. The third-order valence-electron chi connectivity index (χ3n) is 2.70. The van der Waals surface area contributed by atoms with Gasteiger partial charge in [-0.2, -0.15) is 0 Å². The van der Waals surface area contributed by atoms with Crippen molar-refractivity contribution in [3.8, 4) is 0 Å². The minimum absolute atomic E-state index is 0.0298. The van der Waals surface area contributed by atoms with Crippen LogP contribution in [0.2, 0.25) is 0 Å². The van der Waals surface area contributed by atoms with Gasteiger partial charge in [0.1, 0.15) is 11.6 Å². The Morgan fingerprint density at radius 2 is 1.79 bits per heavy atom. The van der Waals surface area contributed by atoms with Crippen LogP contribution in [0.3, 0.4) is 0 Å². The van der Waals surface area contributed by atoms with E-state index in [1.807, 2.05) is 41.5 Å². The number of amides is 2. The van der Waals surface area contributed by atoms with Crippen LogP contribution in [-0.2, 0) is 9.53 Å². The molecule has 2 N–H and O–H groups in total. The summed E-state index contributed by atoms with van der Waals surface area (Å²) in [5.74, 6) is -0.351. The fourth-order valence-corrected chi connectivity index (χ4v) is 1.47. The number of hydrogen-bond donors (Lipinski definition) is 2. The first kappa shape index (κ1) is 17.7. The SMILES string of the molecule is CCCNC(=O)N[C@H](C(=O)OC(C)(C)C)[C@@H](C)CC. The molecule has 5 nitrogen and oxygen atoms in total. The van der Waals surface area contributed by atoms with Crippen LogP contribution in [0.25, 0.3) is 0 Å². The largest absolute Gasteiger partial charge is 0.458 e. The highest BCUT2D eigenvalue weighted by Gasteiger charge is 2.30. The molecule has 2 amide bonds. The quantitative estimate of drug-likeness (QED) is 0.730. The van der Waals surface area contributed by atoms with E-state index in [4.69, 9.17) is 4.74 Å². The summed E-state index contributed by atoms with van der Waals surface area (Å²) in [4.78, 5) is 23.8. The second kappa shape index (κ2) is 8.02. The van der Waals surface area contributed by atoms with E-state index < -0.39 is 11.6 Å². The van der Waals surface area contributed by atoms with Gasteiger partial charge < -0.3 is 15.4 Å². The van der Waals surface area contributed by atoms with Crippen LogP contribution in [0.1, 0.15) is 54.4 Å². The predicted molar refractivity (Wildman–Crippen MR) is 75.9 cm³/mol. The van der Waals surface area contributed by atoms with Crippen molar-refractivity contribution in [2.45, 2.75) is 66.0 Å². The van der Waals surface area contributed by atoms with E-state index in [0.29, 0.717) is 6.54 Å². The van der Waals surface area contributed by atoms with Crippen molar-refractivity contribution in [3.05, 3.63) is 0 Å². The van der Waals surface area contributed by atoms with E-state index in [0.717, 1.165) is 12.8 Å². The fourth-order valence-electron chi connectivity index (χ4n) is 1.47. The number of esters is 1. The Morgan fingerprint density at radius 3 is 2.21 bits per heavy atom. The molecular formula is C14H28N2O3. The van der Waals surface area contributed by atoms with Gasteiger partial charge in [0.05, 0.1) is 0 Å². The summed E-state index contributed by atoms with van der Waals surface area (Å²) in [6, 6.07) is -0.931. The Balaban J connectivity index is 4.63. The first-order chi connectivity index (χ1) is 8.71. The molecule has 0 fully saturated rings. The number of ether oxygens (including phenoxy) is 1. The normalized spacial score (nSPS) is 14.4. The molecule has 0 rings (SSSR count). The highest BCUT2D eigenvalue weighted by atomic mass is 16.6. The zero-order valence-corrected chi connectivity index (χ0v) is 13.0. The first-order valence-electron chi connectivity index (χ1n) is 6.98. The lowest BCUT2D eigenvalue weighted by Gasteiger charge is -2.27. The summed E-state index contributed by atoms with van der Waals surface area (Å²) < 4.78 is 5.35. The van der Waals surface area contributed by atoms with Gasteiger partial charge in [-0.15, -0.1) is 0 Å². The fraction of sp³-hybridized carbons (Fsp3) is 0.857. The summed E-state index contributed by atoms with van der Waals surface area (Å²) in [5.41, 5.74) is -0.551. The first-order valence-corrected chi connectivity index (χ1v) is 6.98. The molecule has 0 unspecified atom stereocenters. The van der Waals surface area contributed by atoms with Crippen molar-refractivity contribution in [1.82, 2.24) is 10.6 Å². The molecule has 0 bridgehead atoms. The Kier molecular flexibility index (Phi) is 7.49. The maximum absolute atomic E-state index is 12.1. The average molecular weight is 272 g/mol. The summed E-state index contributed by atoms with van der Waals surface area (Å²) in [5, 5.41) is 5.40. The van der Waals surface area contributed by atoms with Gasteiger partial charge in [-0.1, -0.05) is 27.2 Å².